The molecule has 0 fully saturated rings. The third kappa shape index (κ3) is 9.25. The highest BCUT2D eigenvalue weighted by molar-refractivity contribution is 6.78. The van der Waals surface area contributed by atoms with Crippen molar-refractivity contribution in [3.05, 3.63) is 0 Å². The highest BCUT2D eigenvalue weighted by Crippen LogP contribution is 2.48. The van der Waals surface area contributed by atoms with Gasteiger partial charge >= 0.3 is 0 Å². The van der Waals surface area contributed by atoms with Gasteiger partial charge in [-0.05, 0) is 77.6 Å². The van der Waals surface area contributed by atoms with Gasteiger partial charge in [0.2, 0.25) is 16.6 Å². The summed E-state index contributed by atoms with van der Waals surface area (Å²) in [5.74, 6) is 0.202. The van der Waals surface area contributed by atoms with Crippen LogP contribution in [-0.4, -0.2) is 54.5 Å². The molecule has 0 aromatic heterocycles. The van der Waals surface area contributed by atoms with Crippen LogP contribution in [0.15, 0.2) is 0 Å². The monoisotopic (exact) mass is 618 g/mol. The van der Waals surface area contributed by atoms with E-state index in [1.807, 2.05) is 6.92 Å². The van der Waals surface area contributed by atoms with Gasteiger partial charge in [0.05, 0.1) is 18.3 Å². The van der Waals surface area contributed by atoms with Crippen molar-refractivity contribution < 1.29 is 18.4 Å². The molecule has 5 atom stereocenters. The van der Waals surface area contributed by atoms with Crippen molar-refractivity contribution in [2.45, 2.75) is 207 Å². The number of aliphatic hydroxyl groups is 1. The fraction of sp³-hybridized carbons (Fsp3) is 1.00. The highest BCUT2D eigenvalue weighted by atomic mass is 28.4. The molecular weight excluding hydrogens is 545 g/mol. The topological polar surface area (TPSA) is 47.9 Å². The van der Waals surface area contributed by atoms with Gasteiger partial charge in [-0.15, -0.1) is 0 Å². The van der Waals surface area contributed by atoms with Crippen LogP contribution < -0.4 is 0 Å². The minimum atomic E-state index is -2.26. The molecule has 0 aliphatic heterocycles. The summed E-state index contributed by atoms with van der Waals surface area (Å²) in [5.41, 5.74) is 2.73. The molecule has 0 aliphatic rings. The second kappa shape index (κ2) is 17.1. The predicted octanol–water partition coefficient (Wildman–Crippen LogP) is 10.9. The van der Waals surface area contributed by atoms with Crippen molar-refractivity contribution in [2.24, 2.45) is 5.92 Å². The Labute approximate surface area is 255 Å². The first-order valence-corrected chi connectivity index (χ1v) is 23.8. The molecule has 0 saturated heterocycles. The lowest BCUT2D eigenvalue weighted by molar-refractivity contribution is -0.0661. The van der Waals surface area contributed by atoms with Crippen LogP contribution in [0.5, 0.6) is 0 Å². The van der Waals surface area contributed by atoms with Gasteiger partial charge in [0.15, 0.2) is 8.32 Å². The van der Waals surface area contributed by atoms with Crippen molar-refractivity contribution in [1.82, 2.24) is 0 Å². The van der Waals surface area contributed by atoms with Gasteiger partial charge in [-0.2, -0.15) is 0 Å². The van der Waals surface area contributed by atoms with Crippen LogP contribution in [0, 0.1) is 5.92 Å². The van der Waals surface area contributed by atoms with E-state index in [4.69, 9.17) is 13.3 Å². The summed E-state index contributed by atoms with van der Waals surface area (Å²) in [6, 6.07) is 3.48. The van der Waals surface area contributed by atoms with E-state index >= 15 is 0 Å². The zero-order valence-electron chi connectivity index (χ0n) is 30.4. The molecule has 0 rings (SSSR count). The quantitative estimate of drug-likeness (QED) is 0.138. The van der Waals surface area contributed by atoms with Crippen LogP contribution >= 0.6 is 0 Å². The Morgan fingerprint density at radius 3 is 1.02 bits per heavy atom. The fourth-order valence-electron chi connectivity index (χ4n) is 8.37. The minimum absolute atomic E-state index is 0.165. The molecule has 0 aromatic rings. The highest BCUT2D eigenvalue weighted by Gasteiger charge is 2.53. The summed E-state index contributed by atoms with van der Waals surface area (Å²) in [7, 11) is -6.23. The average Bonchev–Trinajstić information content (AvgIpc) is 2.82. The summed E-state index contributed by atoms with van der Waals surface area (Å²) in [6.07, 6.45) is -0.0495. The normalized spacial score (nSPS) is 17.9. The maximum absolute atomic E-state index is 11.5. The van der Waals surface area contributed by atoms with Crippen LogP contribution in [0.3, 0.4) is 0 Å². The van der Waals surface area contributed by atoms with Crippen LogP contribution in [0.4, 0.5) is 0 Å². The molecular formula is C33H74O4Si3. The lowest BCUT2D eigenvalue weighted by Gasteiger charge is -2.51. The first-order valence-electron chi connectivity index (χ1n) is 17.0. The lowest BCUT2D eigenvalue weighted by atomic mass is 9.92. The zero-order valence-corrected chi connectivity index (χ0v) is 33.4. The maximum Gasteiger partial charge on any atom is 0.201 e. The van der Waals surface area contributed by atoms with Gasteiger partial charge in [-0.1, -0.05) is 111 Å². The molecule has 0 aliphatic carbocycles. The SMILES string of the molecule is CC[Si](CC)(CC)O[C@@H](C)C[C@@H](C)[C@H](O[Si](C(C)C)(C(C)C)C(C)C)[C@@H](O[Si](C(C)C)(C(C)C)C(C)C)C(C)O. The molecule has 0 radical (unpaired) electrons. The van der Waals surface area contributed by atoms with E-state index in [0.29, 0.717) is 33.2 Å². The van der Waals surface area contributed by atoms with E-state index in [1.54, 1.807) is 0 Å². The average molecular weight is 619 g/mol. The molecule has 4 nitrogen and oxygen atoms in total. The summed E-state index contributed by atoms with van der Waals surface area (Å²) < 4.78 is 22.0. The number of aliphatic hydroxyl groups excluding tert-OH is 1. The molecule has 40 heavy (non-hydrogen) atoms. The van der Waals surface area contributed by atoms with Crippen LogP contribution in [0.2, 0.25) is 51.4 Å². The van der Waals surface area contributed by atoms with Crippen LogP contribution in [-0.2, 0) is 13.3 Å². The molecule has 0 heterocycles. The maximum atomic E-state index is 11.5. The van der Waals surface area contributed by atoms with Crippen molar-refractivity contribution in [1.29, 1.82) is 0 Å². The second-order valence-electron chi connectivity index (χ2n) is 14.9. The van der Waals surface area contributed by atoms with Gasteiger partial charge < -0.3 is 18.4 Å². The molecule has 242 valence electrons. The fourth-order valence-corrected chi connectivity index (χ4v) is 22.6. The van der Waals surface area contributed by atoms with Crippen molar-refractivity contribution in [3.63, 3.8) is 0 Å². The van der Waals surface area contributed by atoms with Crippen molar-refractivity contribution in [3.8, 4) is 0 Å². The summed E-state index contributed by atoms with van der Waals surface area (Å²) >= 11 is 0. The van der Waals surface area contributed by atoms with E-state index in [2.05, 4.69) is 118 Å². The van der Waals surface area contributed by atoms with E-state index in [-0.39, 0.29) is 24.2 Å². The first kappa shape index (κ1) is 40.5. The number of hydrogen-bond donors (Lipinski definition) is 1. The predicted molar refractivity (Wildman–Crippen MR) is 185 cm³/mol. The third-order valence-electron chi connectivity index (χ3n) is 10.5. The Hall–Kier alpha value is 0.491. The molecule has 0 aromatic carbocycles. The Morgan fingerprint density at radius 1 is 0.475 bits per heavy atom. The Balaban J connectivity index is 6.94. The summed E-state index contributed by atoms with van der Waals surface area (Å²) in [5, 5.41) is 11.5. The standard InChI is InChI=1S/C33H74O4Si3/c1-19-38(20-2,21-3)35-30(17)22-29(16)32(36-39(23(4)5,24(6)7)25(8)9)33(31(18)34)37-40(26(10)11,27(12)13)28(14)15/h23-34H,19-22H2,1-18H3/t29-,30+,31?,32+,33+/m1/s1. The van der Waals surface area contributed by atoms with Gasteiger partial charge in [-0.25, -0.2) is 0 Å². The first-order chi connectivity index (χ1) is 18.3. The lowest BCUT2D eigenvalue weighted by Crippen LogP contribution is -2.60. The van der Waals surface area contributed by atoms with Crippen molar-refractivity contribution >= 4 is 25.0 Å². The molecule has 0 spiro atoms. The molecule has 0 saturated carbocycles. The van der Waals surface area contributed by atoms with E-state index in [1.165, 1.54) is 0 Å². The van der Waals surface area contributed by atoms with Gasteiger partial charge in [0.25, 0.3) is 0 Å². The molecule has 0 bridgehead atoms. The summed E-state index contributed by atoms with van der Waals surface area (Å²) in [4.78, 5) is 0. The van der Waals surface area contributed by atoms with Gasteiger partial charge in [0, 0.05) is 6.10 Å². The minimum Gasteiger partial charge on any atom is -0.414 e. The number of hydrogen-bond acceptors (Lipinski definition) is 4. The molecule has 1 unspecified atom stereocenters. The smallest absolute Gasteiger partial charge is 0.201 e. The van der Waals surface area contributed by atoms with Crippen LogP contribution in [0.25, 0.3) is 0 Å². The second-order valence-corrected chi connectivity index (χ2v) is 30.5. The van der Waals surface area contributed by atoms with E-state index < -0.39 is 31.1 Å². The van der Waals surface area contributed by atoms with Gasteiger partial charge in [0.1, 0.15) is 0 Å². The van der Waals surface area contributed by atoms with Crippen molar-refractivity contribution in [2.75, 3.05) is 0 Å². The Bertz CT molecular complexity index is 637. The van der Waals surface area contributed by atoms with Crippen LogP contribution in [0.1, 0.15) is 131 Å². The molecule has 0 amide bonds. The Kier molecular flexibility index (Phi) is 17.3. The number of rotatable bonds is 20. The van der Waals surface area contributed by atoms with E-state index in [9.17, 15) is 5.11 Å². The zero-order chi connectivity index (χ0) is 31.8. The molecule has 7 heteroatoms. The largest absolute Gasteiger partial charge is 0.414 e. The summed E-state index contributed by atoms with van der Waals surface area (Å²) in [6.45, 7) is 41.6. The Morgan fingerprint density at radius 2 is 0.775 bits per heavy atom. The van der Waals surface area contributed by atoms with Gasteiger partial charge in [-0.3, -0.25) is 0 Å². The van der Waals surface area contributed by atoms with E-state index in [0.717, 1.165) is 24.6 Å². The third-order valence-corrected chi connectivity index (χ3v) is 27.5. The molecule has 1 N–H and O–H groups in total.